The molecule has 208 valence electrons. The van der Waals surface area contributed by atoms with Gasteiger partial charge in [-0.2, -0.15) is 0 Å². The Morgan fingerprint density at radius 2 is 1.20 bits per heavy atom. The number of ether oxygens (including phenoxy) is 2. The maximum atomic E-state index is 13.5. The first kappa shape index (κ1) is 28.6. The van der Waals surface area contributed by atoms with Crippen LogP contribution in [0.3, 0.4) is 0 Å². The zero-order valence-corrected chi connectivity index (χ0v) is 22.3. The van der Waals surface area contributed by atoms with Crippen molar-refractivity contribution in [1.82, 2.24) is 5.32 Å². The minimum Gasteiger partial charge on any atom is -0.465 e. The highest BCUT2D eigenvalue weighted by atomic mass is 16.5. The lowest BCUT2D eigenvalue weighted by Gasteiger charge is -2.20. The molecule has 41 heavy (non-hydrogen) atoms. The molecule has 0 saturated heterocycles. The molecule has 4 aromatic carbocycles. The lowest BCUT2D eigenvalue weighted by molar-refractivity contribution is -0.118. The number of para-hydroxylation sites is 2. The number of carbonyl (C=O) groups excluding carboxylic acids is 4. The Labute approximate surface area is 237 Å². The minimum atomic E-state index is -1.00. The number of esters is 1. The largest absolute Gasteiger partial charge is 0.465 e. The van der Waals surface area contributed by atoms with Gasteiger partial charge in [0.1, 0.15) is 12.6 Å². The number of benzene rings is 4. The second-order valence-electron chi connectivity index (χ2n) is 8.97. The Balaban J connectivity index is 1.50. The molecular weight excluding hydrogens is 522 g/mol. The van der Waals surface area contributed by atoms with Gasteiger partial charge in [0, 0.05) is 6.42 Å². The molecule has 0 heterocycles. The van der Waals surface area contributed by atoms with Crippen molar-refractivity contribution in [2.75, 3.05) is 17.7 Å². The van der Waals surface area contributed by atoms with Gasteiger partial charge in [0.15, 0.2) is 0 Å². The van der Waals surface area contributed by atoms with Gasteiger partial charge in [-0.05, 0) is 35.4 Å². The van der Waals surface area contributed by atoms with E-state index < -0.39 is 29.9 Å². The van der Waals surface area contributed by atoms with E-state index >= 15 is 0 Å². The number of carbonyl (C=O) groups is 4. The zero-order chi connectivity index (χ0) is 29.0. The molecule has 9 nitrogen and oxygen atoms in total. The summed E-state index contributed by atoms with van der Waals surface area (Å²) in [7, 11) is 1.25. The number of alkyl carbamates (subject to hydrolysis) is 1. The Hall–Kier alpha value is -5.44. The highest BCUT2D eigenvalue weighted by Gasteiger charge is 2.24. The summed E-state index contributed by atoms with van der Waals surface area (Å²) in [5, 5.41) is 8.12. The molecule has 0 fully saturated rings. The number of hydrogen-bond donors (Lipinski definition) is 3. The van der Waals surface area contributed by atoms with Gasteiger partial charge < -0.3 is 25.4 Å². The Bertz CT molecular complexity index is 1510. The SMILES string of the molecule is COC(=O)c1ccccc1NC(=O)c1ccccc1NC(=O)[C@@H](Cc1ccccc1)NC(=O)OCc1ccccc1. The number of nitrogens with one attached hydrogen (secondary N) is 3. The molecule has 0 spiro atoms. The lowest BCUT2D eigenvalue weighted by Crippen LogP contribution is -2.45. The molecule has 0 saturated carbocycles. The quantitative estimate of drug-likeness (QED) is 0.233. The van der Waals surface area contributed by atoms with Crippen LogP contribution in [0.15, 0.2) is 109 Å². The van der Waals surface area contributed by atoms with E-state index in [1.54, 1.807) is 42.5 Å². The van der Waals surface area contributed by atoms with Gasteiger partial charge in [-0.25, -0.2) is 9.59 Å². The van der Waals surface area contributed by atoms with Crippen molar-refractivity contribution < 1.29 is 28.7 Å². The van der Waals surface area contributed by atoms with Crippen molar-refractivity contribution in [2.45, 2.75) is 19.1 Å². The molecule has 0 bridgehead atoms. The maximum absolute atomic E-state index is 13.5. The highest BCUT2D eigenvalue weighted by molar-refractivity contribution is 6.12. The van der Waals surface area contributed by atoms with Crippen molar-refractivity contribution >= 4 is 35.3 Å². The molecule has 3 N–H and O–H groups in total. The van der Waals surface area contributed by atoms with Crippen LogP contribution in [-0.2, 0) is 27.3 Å². The number of methoxy groups -OCH3 is 1. The van der Waals surface area contributed by atoms with E-state index in [0.29, 0.717) is 0 Å². The molecule has 0 aliphatic rings. The van der Waals surface area contributed by atoms with Crippen LogP contribution >= 0.6 is 0 Å². The third kappa shape index (κ3) is 8.03. The summed E-state index contributed by atoms with van der Waals surface area (Å²) in [6.07, 6.45) is -0.566. The van der Waals surface area contributed by atoms with Gasteiger partial charge in [0.05, 0.1) is 29.6 Å². The highest BCUT2D eigenvalue weighted by Crippen LogP contribution is 2.21. The fourth-order valence-electron chi connectivity index (χ4n) is 4.05. The number of amides is 3. The van der Waals surface area contributed by atoms with Gasteiger partial charge in [0.25, 0.3) is 5.91 Å². The molecule has 0 aromatic heterocycles. The Kier molecular flexibility index (Phi) is 9.82. The first-order chi connectivity index (χ1) is 19.9. The van der Waals surface area contributed by atoms with Crippen LogP contribution in [0.25, 0.3) is 0 Å². The first-order valence-electron chi connectivity index (χ1n) is 12.8. The van der Waals surface area contributed by atoms with Gasteiger partial charge in [0.2, 0.25) is 5.91 Å². The summed E-state index contributed by atoms with van der Waals surface area (Å²) in [6, 6.07) is 30.3. The molecular formula is C32H29N3O6. The summed E-state index contributed by atoms with van der Waals surface area (Å²) in [5.74, 6) is -1.69. The van der Waals surface area contributed by atoms with E-state index in [9.17, 15) is 19.2 Å². The van der Waals surface area contributed by atoms with Crippen LogP contribution in [0, 0.1) is 0 Å². The molecule has 0 aliphatic carbocycles. The summed E-state index contributed by atoms with van der Waals surface area (Å²) in [5.41, 5.74) is 2.46. The van der Waals surface area contributed by atoms with Gasteiger partial charge in [-0.1, -0.05) is 84.9 Å². The van der Waals surface area contributed by atoms with Crippen LogP contribution in [-0.4, -0.2) is 37.0 Å². The van der Waals surface area contributed by atoms with Gasteiger partial charge in [-0.15, -0.1) is 0 Å². The molecule has 4 rings (SSSR count). The molecule has 3 amide bonds. The lowest BCUT2D eigenvalue weighted by atomic mass is 10.0. The Morgan fingerprint density at radius 1 is 0.659 bits per heavy atom. The fraction of sp³-hybridized carbons (Fsp3) is 0.125. The molecule has 0 radical (unpaired) electrons. The van der Waals surface area contributed by atoms with Crippen LogP contribution in [0.1, 0.15) is 31.8 Å². The molecule has 0 unspecified atom stereocenters. The fourth-order valence-corrected chi connectivity index (χ4v) is 4.05. The minimum absolute atomic E-state index is 0.0440. The summed E-state index contributed by atoms with van der Waals surface area (Å²) >= 11 is 0. The first-order valence-corrected chi connectivity index (χ1v) is 12.8. The summed E-state index contributed by atoms with van der Waals surface area (Å²) in [6.45, 7) is 0.0440. The Morgan fingerprint density at radius 3 is 1.83 bits per heavy atom. The van der Waals surface area contributed by atoms with Crippen LogP contribution < -0.4 is 16.0 Å². The average Bonchev–Trinajstić information content (AvgIpc) is 3.01. The summed E-state index contributed by atoms with van der Waals surface area (Å²) < 4.78 is 10.1. The number of rotatable bonds is 10. The average molecular weight is 552 g/mol. The molecule has 0 aliphatic heterocycles. The predicted molar refractivity (Wildman–Crippen MR) is 155 cm³/mol. The van der Waals surface area contributed by atoms with Crippen LogP contribution in [0.2, 0.25) is 0 Å². The smallest absolute Gasteiger partial charge is 0.408 e. The van der Waals surface area contributed by atoms with E-state index in [4.69, 9.17) is 9.47 Å². The van der Waals surface area contributed by atoms with Crippen molar-refractivity contribution in [2.24, 2.45) is 0 Å². The van der Waals surface area contributed by atoms with Gasteiger partial charge in [-0.3, -0.25) is 9.59 Å². The normalized spacial score (nSPS) is 11.0. The van der Waals surface area contributed by atoms with E-state index in [1.165, 1.54) is 13.2 Å². The van der Waals surface area contributed by atoms with Crippen LogP contribution in [0.4, 0.5) is 16.2 Å². The van der Waals surface area contributed by atoms with Crippen molar-refractivity contribution in [1.29, 1.82) is 0 Å². The van der Waals surface area contributed by atoms with Crippen molar-refractivity contribution in [3.8, 4) is 0 Å². The van der Waals surface area contributed by atoms with Crippen molar-refractivity contribution in [3.05, 3.63) is 131 Å². The standard InChI is InChI=1S/C32H29N3O6/c1-40-31(38)25-17-9-11-19-27(25)33-29(36)24-16-8-10-18-26(24)34-30(37)28(20-22-12-4-2-5-13-22)35-32(39)41-21-23-14-6-3-7-15-23/h2-19,28H,20-21H2,1H3,(H,33,36)(H,34,37)(H,35,39)/t28-/m1/s1. The van der Waals surface area contributed by atoms with E-state index in [0.717, 1.165) is 11.1 Å². The van der Waals surface area contributed by atoms with Crippen molar-refractivity contribution in [3.63, 3.8) is 0 Å². The third-order valence-corrected chi connectivity index (χ3v) is 6.11. The maximum Gasteiger partial charge on any atom is 0.408 e. The topological polar surface area (TPSA) is 123 Å². The van der Waals surface area contributed by atoms with Gasteiger partial charge >= 0.3 is 12.1 Å². The monoisotopic (exact) mass is 551 g/mol. The zero-order valence-electron chi connectivity index (χ0n) is 22.3. The van der Waals surface area contributed by atoms with E-state index in [1.807, 2.05) is 60.7 Å². The van der Waals surface area contributed by atoms with E-state index in [-0.39, 0.29) is 35.5 Å². The second kappa shape index (κ2) is 14.1. The molecule has 9 heteroatoms. The number of anilines is 2. The molecule has 1 atom stereocenters. The van der Waals surface area contributed by atoms with Crippen LogP contribution in [0.5, 0.6) is 0 Å². The van der Waals surface area contributed by atoms with E-state index in [2.05, 4.69) is 16.0 Å². The second-order valence-corrected chi connectivity index (χ2v) is 8.97. The third-order valence-electron chi connectivity index (χ3n) is 6.11. The summed E-state index contributed by atoms with van der Waals surface area (Å²) in [4.78, 5) is 51.5. The molecule has 4 aromatic rings. The predicted octanol–water partition coefficient (Wildman–Crippen LogP) is 5.20. The number of hydrogen-bond acceptors (Lipinski definition) is 6.